The Kier molecular flexibility index (Phi) is 3.13. The molecule has 122 valence electrons. The summed E-state index contributed by atoms with van der Waals surface area (Å²) in [4.78, 5) is 2.60. The second-order valence-electron chi connectivity index (χ2n) is 7.18. The summed E-state index contributed by atoms with van der Waals surface area (Å²) in [6, 6.07) is 12.6. The Bertz CT molecular complexity index is 870. The first-order valence-corrected chi connectivity index (χ1v) is 8.79. The third-order valence-corrected chi connectivity index (χ3v) is 5.25. The van der Waals surface area contributed by atoms with Crippen LogP contribution in [0.1, 0.15) is 24.1 Å². The van der Waals surface area contributed by atoms with Gasteiger partial charge < -0.3 is 4.57 Å². The molecule has 1 saturated carbocycles. The SMILES string of the molecule is Cn1ccc2c1CN(CC1CC1)Cc1cn(-c3ccccc3)nc1-2. The minimum Gasteiger partial charge on any atom is -0.353 e. The van der Waals surface area contributed by atoms with Crippen LogP contribution in [0.25, 0.3) is 16.9 Å². The maximum Gasteiger partial charge on any atom is 0.0991 e. The first kappa shape index (κ1) is 14.1. The van der Waals surface area contributed by atoms with Crippen LogP contribution in [-0.2, 0) is 20.1 Å². The fraction of sp³-hybridized carbons (Fsp3) is 0.350. The molecule has 1 aliphatic heterocycles. The van der Waals surface area contributed by atoms with Gasteiger partial charge in [-0.1, -0.05) is 18.2 Å². The number of aryl methyl sites for hydroxylation is 1. The Labute approximate surface area is 142 Å². The number of aromatic nitrogens is 3. The fourth-order valence-electron chi connectivity index (χ4n) is 3.74. The van der Waals surface area contributed by atoms with Crippen molar-refractivity contribution in [1.82, 2.24) is 19.2 Å². The summed E-state index contributed by atoms with van der Waals surface area (Å²) in [6.45, 7) is 3.23. The molecule has 0 amide bonds. The number of hydrogen-bond donors (Lipinski definition) is 0. The third-order valence-electron chi connectivity index (χ3n) is 5.25. The van der Waals surface area contributed by atoms with Gasteiger partial charge in [-0.25, -0.2) is 4.68 Å². The largest absolute Gasteiger partial charge is 0.353 e. The van der Waals surface area contributed by atoms with Crippen LogP contribution in [-0.4, -0.2) is 25.8 Å². The van der Waals surface area contributed by atoms with Gasteiger partial charge in [0.1, 0.15) is 0 Å². The van der Waals surface area contributed by atoms with E-state index in [-0.39, 0.29) is 0 Å². The van der Waals surface area contributed by atoms with Gasteiger partial charge in [-0.3, -0.25) is 4.90 Å². The van der Waals surface area contributed by atoms with Crippen molar-refractivity contribution in [3.63, 3.8) is 0 Å². The highest BCUT2D eigenvalue weighted by Crippen LogP contribution is 2.36. The molecule has 0 unspecified atom stereocenters. The highest BCUT2D eigenvalue weighted by Gasteiger charge is 2.29. The quantitative estimate of drug-likeness (QED) is 0.737. The van der Waals surface area contributed by atoms with Crippen LogP contribution < -0.4 is 0 Å². The number of nitrogens with zero attached hydrogens (tertiary/aromatic N) is 4. The molecule has 3 heterocycles. The minimum absolute atomic E-state index is 0.902. The average Bonchev–Trinajstić information content (AvgIpc) is 3.25. The van der Waals surface area contributed by atoms with Crippen molar-refractivity contribution in [3.05, 3.63) is 60.0 Å². The zero-order valence-electron chi connectivity index (χ0n) is 14.0. The molecule has 4 nitrogen and oxygen atoms in total. The van der Waals surface area contributed by atoms with Gasteiger partial charge in [-0.05, 0) is 37.0 Å². The highest BCUT2D eigenvalue weighted by molar-refractivity contribution is 5.67. The smallest absolute Gasteiger partial charge is 0.0991 e. The van der Waals surface area contributed by atoms with Gasteiger partial charge in [0.25, 0.3) is 0 Å². The summed E-state index contributed by atoms with van der Waals surface area (Å²) in [5, 5.41) is 4.94. The van der Waals surface area contributed by atoms with Crippen LogP contribution in [0.4, 0.5) is 0 Å². The molecule has 0 radical (unpaired) electrons. The summed E-state index contributed by atoms with van der Waals surface area (Å²) in [5.74, 6) is 0.902. The second kappa shape index (κ2) is 5.35. The van der Waals surface area contributed by atoms with Crippen LogP contribution in [0.3, 0.4) is 0 Å². The van der Waals surface area contributed by atoms with Crippen LogP contribution in [0.2, 0.25) is 0 Å². The van der Waals surface area contributed by atoms with E-state index in [0.29, 0.717) is 0 Å². The van der Waals surface area contributed by atoms with Gasteiger partial charge in [-0.15, -0.1) is 0 Å². The molecular weight excluding hydrogens is 296 g/mol. The van der Waals surface area contributed by atoms with E-state index in [4.69, 9.17) is 5.10 Å². The fourth-order valence-corrected chi connectivity index (χ4v) is 3.74. The van der Waals surface area contributed by atoms with Crippen molar-refractivity contribution >= 4 is 0 Å². The molecule has 0 atom stereocenters. The van der Waals surface area contributed by atoms with E-state index in [9.17, 15) is 0 Å². The zero-order chi connectivity index (χ0) is 16.1. The van der Waals surface area contributed by atoms with Gasteiger partial charge in [0.05, 0.1) is 11.4 Å². The summed E-state index contributed by atoms with van der Waals surface area (Å²) < 4.78 is 4.29. The van der Waals surface area contributed by atoms with Gasteiger partial charge in [0.2, 0.25) is 0 Å². The lowest BCUT2D eigenvalue weighted by Gasteiger charge is -2.20. The molecule has 2 aliphatic rings. The topological polar surface area (TPSA) is 26.0 Å². The molecule has 24 heavy (non-hydrogen) atoms. The molecule has 2 aromatic heterocycles. The first-order valence-electron chi connectivity index (χ1n) is 8.79. The Morgan fingerprint density at radius 2 is 1.92 bits per heavy atom. The van der Waals surface area contributed by atoms with Gasteiger partial charge in [0.15, 0.2) is 0 Å². The summed E-state index contributed by atoms with van der Waals surface area (Å²) in [5.41, 5.74) is 6.28. The van der Waals surface area contributed by atoms with E-state index >= 15 is 0 Å². The lowest BCUT2D eigenvalue weighted by molar-refractivity contribution is 0.243. The number of benzene rings is 1. The minimum atomic E-state index is 0.902. The van der Waals surface area contributed by atoms with Crippen molar-refractivity contribution in [2.45, 2.75) is 25.9 Å². The monoisotopic (exact) mass is 318 g/mol. The Balaban J connectivity index is 1.60. The van der Waals surface area contributed by atoms with Gasteiger partial charge >= 0.3 is 0 Å². The predicted octanol–water partition coefficient (Wildman–Crippen LogP) is 3.60. The standard InChI is InChI=1S/C20H22N4/c1-22-10-9-18-19(22)14-23(11-15-7-8-15)12-16-13-24(21-20(16)18)17-5-3-2-4-6-17/h2-6,9-10,13,15H,7-8,11-12,14H2,1H3. The Morgan fingerprint density at radius 3 is 2.71 bits per heavy atom. The summed E-state index contributed by atoms with van der Waals surface area (Å²) in [6.07, 6.45) is 7.17. The molecule has 0 spiro atoms. The molecule has 0 N–H and O–H groups in total. The molecule has 4 heteroatoms. The van der Waals surface area contributed by atoms with Crippen LogP contribution in [0, 0.1) is 5.92 Å². The summed E-state index contributed by atoms with van der Waals surface area (Å²) in [7, 11) is 2.15. The third kappa shape index (κ3) is 2.38. The average molecular weight is 318 g/mol. The van der Waals surface area contributed by atoms with Gasteiger partial charge in [0, 0.05) is 55.9 Å². The maximum atomic E-state index is 4.94. The van der Waals surface area contributed by atoms with Crippen LogP contribution in [0.15, 0.2) is 48.8 Å². The van der Waals surface area contributed by atoms with E-state index in [2.05, 4.69) is 59.2 Å². The molecule has 1 aliphatic carbocycles. The number of fused-ring (bicyclic) bond motifs is 3. The molecule has 3 aromatic rings. The van der Waals surface area contributed by atoms with Crippen molar-refractivity contribution in [2.24, 2.45) is 13.0 Å². The van der Waals surface area contributed by atoms with E-state index < -0.39 is 0 Å². The normalized spacial score (nSPS) is 17.4. The van der Waals surface area contributed by atoms with Crippen LogP contribution >= 0.6 is 0 Å². The highest BCUT2D eigenvalue weighted by atomic mass is 15.3. The molecule has 1 fully saturated rings. The van der Waals surface area contributed by atoms with Crippen molar-refractivity contribution in [3.8, 4) is 16.9 Å². The van der Waals surface area contributed by atoms with Gasteiger partial charge in [-0.2, -0.15) is 5.10 Å². The van der Waals surface area contributed by atoms with E-state index in [0.717, 1.165) is 30.4 Å². The van der Waals surface area contributed by atoms with Crippen molar-refractivity contribution in [2.75, 3.05) is 6.54 Å². The van der Waals surface area contributed by atoms with Crippen molar-refractivity contribution < 1.29 is 0 Å². The number of para-hydroxylation sites is 1. The number of rotatable bonds is 3. The van der Waals surface area contributed by atoms with Crippen LogP contribution in [0.5, 0.6) is 0 Å². The second-order valence-corrected chi connectivity index (χ2v) is 7.18. The number of hydrogen-bond acceptors (Lipinski definition) is 2. The summed E-state index contributed by atoms with van der Waals surface area (Å²) >= 11 is 0. The maximum absolute atomic E-state index is 4.94. The van der Waals surface area contributed by atoms with Crippen molar-refractivity contribution in [1.29, 1.82) is 0 Å². The molecule has 0 saturated heterocycles. The predicted molar refractivity (Wildman–Crippen MR) is 94.8 cm³/mol. The lowest BCUT2D eigenvalue weighted by atomic mass is 10.1. The first-order chi connectivity index (χ1) is 11.8. The Hall–Kier alpha value is -2.33. The molecule has 5 rings (SSSR count). The lowest BCUT2D eigenvalue weighted by Crippen LogP contribution is -2.25. The molecular formula is C20H22N4. The Morgan fingerprint density at radius 1 is 1.08 bits per heavy atom. The van der Waals surface area contributed by atoms with E-state index in [1.807, 2.05) is 10.7 Å². The zero-order valence-corrected chi connectivity index (χ0v) is 14.0. The molecule has 1 aromatic carbocycles. The molecule has 0 bridgehead atoms. The van der Waals surface area contributed by atoms with E-state index in [1.54, 1.807) is 0 Å². The van der Waals surface area contributed by atoms with E-state index in [1.165, 1.54) is 36.2 Å².